The van der Waals surface area contributed by atoms with Gasteiger partial charge in [0.15, 0.2) is 0 Å². The second kappa shape index (κ2) is 8.14. The SMILES string of the molecule is Cc1ccc(CNC(=O)NCC(=O)NCCC23CC4CC(CC(C4)C2)C3)cc1. The summed E-state index contributed by atoms with van der Waals surface area (Å²) < 4.78 is 0. The van der Waals surface area contributed by atoms with Crippen molar-refractivity contribution in [2.24, 2.45) is 23.2 Å². The zero-order valence-corrected chi connectivity index (χ0v) is 16.9. The zero-order chi connectivity index (χ0) is 19.6. The van der Waals surface area contributed by atoms with Crippen LogP contribution in [0.5, 0.6) is 0 Å². The van der Waals surface area contributed by atoms with E-state index < -0.39 is 0 Å². The van der Waals surface area contributed by atoms with E-state index in [1.807, 2.05) is 31.2 Å². The van der Waals surface area contributed by atoms with Gasteiger partial charge in [0.05, 0.1) is 6.54 Å². The van der Waals surface area contributed by atoms with Crippen molar-refractivity contribution in [3.63, 3.8) is 0 Å². The Balaban J connectivity index is 1.12. The van der Waals surface area contributed by atoms with Crippen LogP contribution in [0.25, 0.3) is 0 Å². The third-order valence-electron chi connectivity index (χ3n) is 7.13. The minimum Gasteiger partial charge on any atom is -0.355 e. The van der Waals surface area contributed by atoms with Crippen LogP contribution in [0.15, 0.2) is 24.3 Å². The molecule has 5 heteroatoms. The summed E-state index contributed by atoms with van der Waals surface area (Å²) in [4.78, 5) is 24.0. The van der Waals surface area contributed by atoms with E-state index in [4.69, 9.17) is 0 Å². The first-order valence-electron chi connectivity index (χ1n) is 10.8. The van der Waals surface area contributed by atoms with E-state index in [2.05, 4.69) is 16.0 Å². The summed E-state index contributed by atoms with van der Waals surface area (Å²) in [7, 11) is 0. The number of hydrogen-bond donors (Lipinski definition) is 3. The first-order chi connectivity index (χ1) is 13.5. The van der Waals surface area contributed by atoms with Gasteiger partial charge >= 0.3 is 6.03 Å². The fourth-order valence-corrected chi connectivity index (χ4v) is 6.24. The van der Waals surface area contributed by atoms with Crippen molar-refractivity contribution < 1.29 is 9.59 Å². The fraction of sp³-hybridized carbons (Fsp3) is 0.652. The molecule has 1 aromatic carbocycles. The fourth-order valence-electron chi connectivity index (χ4n) is 6.24. The molecule has 0 heterocycles. The molecule has 4 bridgehead atoms. The molecule has 4 aliphatic carbocycles. The maximum atomic E-state index is 12.1. The Bertz CT molecular complexity index is 678. The first kappa shape index (κ1) is 19.3. The lowest BCUT2D eigenvalue weighted by molar-refractivity contribution is -0.120. The second-order valence-corrected chi connectivity index (χ2v) is 9.54. The van der Waals surface area contributed by atoms with E-state index in [1.54, 1.807) is 0 Å². The van der Waals surface area contributed by atoms with Crippen LogP contribution in [0.3, 0.4) is 0 Å². The Morgan fingerprint density at radius 2 is 1.54 bits per heavy atom. The molecule has 1 aromatic rings. The maximum absolute atomic E-state index is 12.1. The second-order valence-electron chi connectivity index (χ2n) is 9.54. The third kappa shape index (κ3) is 4.68. The Morgan fingerprint density at radius 3 is 2.14 bits per heavy atom. The molecule has 0 unspecified atom stereocenters. The van der Waals surface area contributed by atoms with Gasteiger partial charge in [-0.25, -0.2) is 4.79 Å². The monoisotopic (exact) mass is 383 g/mol. The average molecular weight is 384 g/mol. The summed E-state index contributed by atoms with van der Waals surface area (Å²) in [5, 5.41) is 8.45. The highest BCUT2D eigenvalue weighted by molar-refractivity contribution is 5.83. The van der Waals surface area contributed by atoms with Crippen molar-refractivity contribution in [3.8, 4) is 0 Å². The van der Waals surface area contributed by atoms with Crippen LogP contribution in [0, 0.1) is 30.1 Å². The number of hydrogen-bond acceptors (Lipinski definition) is 2. The molecule has 5 rings (SSSR count). The maximum Gasteiger partial charge on any atom is 0.315 e. The number of aryl methyl sites for hydroxylation is 1. The van der Waals surface area contributed by atoms with Crippen molar-refractivity contribution in [1.82, 2.24) is 16.0 Å². The Hall–Kier alpha value is -2.04. The van der Waals surface area contributed by atoms with Crippen molar-refractivity contribution in [2.75, 3.05) is 13.1 Å². The highest BCUT2D eigenvalue weighted by Gasteiger charge is 2.50. The number of nitrogens with one attached hydrogen (secondary N) is 3. The number of amides is 3. The van der Waals surface area contributed by atoms with E-state index in [1.165, 1.54) is 44.1 Å². The Morgan fingerprint density at radius 1 is 0.929 bits per heavy atom. The lowest BCUT2D eigenvalue weighted by atomic mass is 9.49. The topological polar surface area (TPSA) is 70.2 Å². The molecule has 0 aromatic heterocycles. The van der Waals surface area contributed by atoms with E-state index >= 15 is 0 Å². The highest BCUT2D eigenvalue weighted by atomic mass is 16.2. The predicted octanol–water partition coefficient (Wildman–Crippen LogP) is 3.52. The summed E-state index contributed by atoms with van der Waals surface area (Å²) in [6.45, 7) is 3.25. The molecule has 0 radical (unpaired) electrons. The van der Waals surface area contributed by atoms with Gasteiger partial charge in [0.1, 0.15) is 0 Å². The predicted molar refractivity (Wildman–Crippen MR) is 110 cm³/mol. The quantitative estimate of drug-likeness (QED) is 0.674. The van der Waals surface area contributed by atoms with E-state index in [9.17, 15) is 9.59 Å². The summed E-state index contributed by atoms with van der Waals surface area (Å²) in [5.41, 5.74) is 2.72. The summed E-state index contributed by atoms with van der Waals surface area (Å²) in [6.07, 6.45) is 9.56. The number of urea groups is 1. The molecular weight excluding hydrogens is 350 g/mol. The Kier molecular flexibility index (Phi) is 5.61. The number of carbonyl (C=O) groups is 2. The van der Waals surface area contributed by atoms with Crippen LogP contribution < -0.4 is 16.0 Å². The number of rotatable bonds is 7. The molecule has 0 atom stereocenters. The summed E-state index contributed by atoms with van der Waals surface area (Å²) in [6, 6.07) is 7.72. The van der Waals surface area contributed by atoms with Crippen molar-refractivity contribution in [3.05, 3.63) is 35.4 Å². The third-order valence-corrected chi connectivity index (χ3v) is 7.13. The number of carbonyl (C=O) groups excluding carboxylic acids is 2. The molecule has 3 N–H and O–H groups in total. The highest BCUT2D eigenvalue weighted by Crippen LogP contribution is 2.61. The van der Waals surface area contributed by atoms with Crippen LogP contribution in [-0.4, -0.2) is 25.0 Å². The van der Waals surface area contributed by atoms with Crippen LogP contribution in [-0.2, 0) is 11.3 Å². The molecule has 0 aliphatic heterocycles. The lowest BCUT2D eigenvalue weighted by Gasteiger charge is -2.57. The van der Waals surface area contributed by atoms with Gasteiger partial charge in [0.2, 0.25) is 5.91 Å². The van der Waals surface area contributed by atoms with Gasteiger partial charge in [0.25, 0.3) is 0 Å². The smallest absolute Gasteiger partial charge is 0.315 e. The summed E-state index contributed by atoms with van der Waals surface area (Å²) >= 11 is 0. The van der Waals surface area contributed by atoms with Crippen LogP contribution in [0.2, 0.25) is 0 Å². The van der Waals surface area contributed by atoms with Gasteiger partial charge in [0, 0.05) is 13.1 Å². The van der Waals surface area contributed by atoms with Gasteiger partial charge in [-0.3, -0.25) is 4.79 Å². The summed E-state index contributed by atoms with van der Waals surface area (Å²) in [5.74, 6) is 2.73. The molecule has 4 saturated carbocycles. The molecule has 4 aliphatic rings. The lowest BCUT2D eigenvalue weighted by Crippen LogP contribution is -2.48. The van der Waals surface area contributed by atoms with Gasteiger partial charge in [-0.1, -0.05) is 29.8 Å². The number of benzene rings is 1. The van der Waals surface area contributed by atoms with Crippen LogP contribution in [0.1, 0.15) is 56.1 Å². The van der Waals surface area contributed by atoms with Crippen molar-refractivity contribution in [1.29, 1.82) is 0 Å². The Labute approximate surface area is 168 Å². The van der Waals surface area contributed by atoms with Crippen molar-refractivity contribution >= 4 is 11.9 Å². The largest absolute Gasteiger partial charge is 0.355 e. The molecular formula is C23H33N3O2. The molecule has 0 saturated heterocycles. The standard InChI is InChI=1S/C23H33N3O2/c1-16-2-4-17(5-3-16)14-25-22(28)26-15-21(27)24-7-6-23-11-18-8-19(12-23)10-20(9-18)13-23/h2-5,18-20H,6-15H2,1H3,(H,24,27)(H2,25,26,28). The van der Waals surface area contributed by atoms with Crippen LogP contribution >= 0.6 is 0 Å². The molecule has 3 amide bonds. The first-order valence-corrected chi connectivity index (χ1v) is 10.8. The molecule has 4 fully saturated rings. The minimum atomic E-state index is -0.309. The zero-order valence-electron chi connectivity index (χ0n) is 16.9. The normalized spacial score (nSPS) is 30.1. The molecule has 152 valence electrons. The van der Waals surface area contributed by atoms with E-state index in [-0.39, 0.29) is 18.5 Å². The average Bonchev–Trinajstić information content (AvgIpc) is 2.64. The molecule has 0 spiro atoms. The van der Waals surface area contributed by atoms with Crippen molar-refractivity contribution in [2.45, 2.75) is 58.4 Å². The van der Waals surface area contributed by atoms with Gasteiger partial charge in [-0.15, -0.1) is 0 Å². The molecule has 28 heavy (non-hydrogen) atoms. The van der Waals surface area contributed by atoms with E-state index in [0.717, 1.165) is 36.3 Å². The van der Waals surface area contributed by atoms with Gasteiger partial charge < -0.3 is 16.0 Å². The van der Waals surface area contributed by atoms with Crippen LogP contribution in [0.4, 0.5) is 4.79 Å². The minimum absolute atomic E-state index is 0.0284. The molecule has 5 nitrogen and oxygen atoms in total. The van der Waals surface area contributed by atoms with E-state index in [0.29, 0.717) is 12.0 Å². The van der Waals surface area contributed by atoms with Gasteiger partial charge in [-0.2, -0.15) is 0 Å². The van der Waals surface area contributed by atoms with Gasteiger partial charge in [-0.05, 0) is 80.6 Å².